The zero-order chi connectivity index (χ0) is 16.8. The van der Waals surface area contributed by atoms with E-state index in [-0.39, 0.29) is 12.4 Å². The Morgan fingerprint density at radius 2 is 2.04 bits per heavy atom. The summed E-state index contributed by atoms with van der Waals surface area (Å²) in [5, 5.41) is 4.26. The molecular weight excluding hydrogens is 340 g/mol. The van der Waals surface area contributed by atoms with Crippen LogP contribution in [0.5, 0.6) is 5.75 Å². The number of ether oxygens (including phenoxy) is 3. The normalized spacial score (nSPS) is 18.4. The van der Waals surface area contributed by atoms with Crippen molar-refractivity contribution in [3.05, 3.63) is 46.7 Å². The van der Waals surface area contributed by atoms with Gasteiger partial charge < -0.3 is 14.2 Å². The topological polar surface area (TPSA) is 27.7 Å². The predicted molar refractivity (Wildman–Crippen MR) is 100 cm³/mol. The fourth-order valence-corrected chi connectivity index (χ4v) is 4.08. The van der Waals surface area contributed by atoms with Crippen molar-refractivity contribution < 1.29 is 14.2 Å². The molecule has 1 aromatic heterocycles. The minimum atomic E-state index is -0.0648. The van der Waals surface area contributed by atoms with Gasteiger partial charge in [-0.2, -0.15) is 11.3 Å². The van der Waals surface area contributed by atoms with E-state index in [0.29, 0.717) is 12.5 Å². The Balaban J connectivity index is 1.51. The van der Waals surface area contributed by atoms with Gasteiger partial charge in [0.1, 0.15) is 18.5 Å². The van der Waals surface area contributed by atoms with Crippen LogP contribution < -0.4 is 4.74 Å². The molecular formula is C19H24O3S2. The van der Waals surface area contributed by atoms with E-state index < -0.39 is 0 Å². The molecule has 1 aliphatic rings. The molecule has 1 aromatic carbocycles. The zero-order valence-electron chi connectivity index (χ0n) is 14.1. The van der Waals surface area contributed by atoms with E-state index in [1.807, 2.05) is 12.1 Å². The SMILES string of the molecule is CC(C)c1ccc(OCC(CSc2ccsc2)OC2CCO2)cc1. The number of thioether (sulfide) groups is 1. The number of benzene rings is 1. The largest absolute Gasteiger partial charge is 0.491 e. The minimum Gasteiger partial charge on any atom is -0.491 e. The van der Waals surface area contributed by atoms with Gasteiger partial charge in [0.15, 0.2) is 6.29 Å². The Bertz CT molecular complexity index is 592. The highest BCUT2D eigenvalue weighted by Gasteiger charge is 2.24. The molecule has 3 nitrogen and oxygen atoms in total. The minimum absolute atomic E-state index is 0.0185. The maximum absolute atomic E-state index is 6.00. The van der Waals surface area contributed by atoms with Crippen molar-refractivity contribution in [3.8, 4) is 5.75 Å². The van der Waals surface area contributed by atoms with E-state index >= 15 is 0 Å². The van der Waals surface area contributed by atoms with Gasteiger partial charge in [-0.25, -0.2) is 0 Å². The van der Waals surface area contributed by atoms with E-state index in [9.17, 15) is 0 Å². The average molecular weight is 365 g/mol. The molecule has 2 unspecified atom stereocenters. The first-order valence-corrected chi connectivity index (χ1v) is 10.3. The quantitative estimate of drug-likeness (QED) is 0.574. The highest BCUT2D eigenvalue weighted by atomic mass is 32.2. The molecule has 0 spiro atoms. The summed E-state index contributed by atoms with van der Waals surface area (Å²) in [4.78, 5) is 1.28. The third kappa shape index (κ3) is 5.24. The van der Waals surface area contributed by atoms with E-state index in [1.54, 1.807) is 23.1 Å². The van der Waals surface area contributed by atoms with E-state index in [1.165, 1.54) is 10.5 Å². The molecule has 1 aliphatic heterocycles. The van der Waals surface area contributed by atoms with Crippen LogP contribution in [0.15, 0.2) is 46.0 Å². The predicted octanol–water partition coefficient (Wildman–Crippen LogP) is 5.17. The van der Waals surface area contributed by atoms with Gasteiger partial charge in [0.05, 0.1) is 6.61 Å². The van der Waals surface area contributed by atoms with Crippen molar-refractivity contribution in [2.75, 3.05) is 19.0 Å². The lowest BCUT2D eigenvalue weighted by molar-refractivity contribution is -0.235. The smallest absolute Gasteiger partial charge is 0.160 e. The van der Waals surface area contributed by atoms with Crippen LogP contribution >= 0.6 is 23.1 Å². The fraction of sp³-hybridized carbons (Fsp3) is 0.474. The molecule has 0 amide bonds. The van der Waals surface area contributed by atoms with Gasteiger partial charge in [-0.05, 0) is 35.1 Å². The van der Waals surface area contributed by atoms with Crippen molar-refractivity contribution >= 4 is 23.1 Å². The number of thiophene rings is 1. The molecule has 1 saturated heterocycles. The Morgan fingerprint density at radius 1 is 1.25 bits per heavy atom. The highest BCUT2D eigenvalue weighted by molar-refractivity contribution is 7.99. The van der Waals surface area contributed by atoms with Crippen LogP contribution in [0.25, 0.3) is 0 Å². The van der Waals surface area contributed by atoms with E-state index in [2.05, 4.69) is 42.8 Å². The summed E-state index contributed by atoms with van der Waals surface area (Å²) < 4.78 is 17.4. The van der Waals surface area contributed by atoms with Crippen LogP contribution in [0.4, 0.5) is 0 Å². The molecule has 0 N–H and O–H groups in total. The molecule has 2 atom stereocenters. The van der Waals surface area contributed by atoms with E-state index in [4.69, 9.17) is 14.2 Å². The molecule has 1 fully saturated rings. The molecule has 2 aromatic rings. The summed E-state index contributed by atoms with van der Waals surface area (Å²) >= 11 is 3.52. The van der Waals surface area contributed by atoms with Crippen LogP contribution in [0.1, 0.15) is 31.7 Å². The Hall–Kier alpha value is -1.01. The Kier molecular flexibility index (Phi) is 6.60. The van der Waals surface area contributed by atoms with Crippen molar-refractivity contribution in [2.24, 2.45) is 0 Å². The van der Waals surface area contributed by atoms with Crippen LogP contribution in [0.2, 0.25) is 0 Å². The number of rotatable bonds is 9. The summed E-state index contributed by atoms with van der Waals surface area (Å²) in [5.41, 5.74) is 1.33. The monoisotopic (exact) mass is 364 g/mol. The summed E-state index contributed by atoms with van der Waals surface area (Å²) in [6, 6.07) is 10.5. The first kappa shape index (κ1) is 17.8. The average Bonchev–Trinajstić information content (AvgIpc) is 3.06. The van der Waals surface area contributed by atoms with Crippen molar-refractivity contribution in [1.29, 1.82) is 0 Å². The maximum atomic E-state index is 6.00. The molecule has 0 bridgehead atoms. The number of hydrogen-bond acceptors (Lipinski definition) is 5. The van der Waals surface area contributed by atoms with E-state index in [0.717, 1.165) is 24.5 Å². The third-order valence-electron chi connectivity index (χ3n) is 3.92. The molecule has 0 radical (unpaired) electrons. The third-order valence-corrected chi connectivity index (χ3v) is 5.87. The van der Waals surface area contributed by atoms with Gasteiger partial charge in [0, 0.05) is 22.4 Å². The molecule has 0 saturated carbocycles. The summed E-state index contributed by atoms with van der Waals surface area (Å²) in [6.45, 7) is 5.73. The van der Waals surface area contributed by atoms with Crippen LogP contribution in [-0.4, -0.2) is 31.4 Å². The van der Waals surface area contributed by atoms with Crippen LogP contribution in [0.3, 0.4) is 0 Å². The lowest BCUT2D eigenvalue weighted by atomic mass is 10.0. The second kappa shape index (κ2) is 8.90. The van der Waals surface area contributed by atoms with Crippen molar-refractivity contribution in [1.82, 2.24) is 0 Å². The molecule has 0 aliphatic carbocycles. The summed E-state index contributed by atoms with van der Waals surface area (Å²) in [6.07, 6.45) is 0.929. The lowest BCUT2D eigenvalue weighted by Crippen LogP contribution is -2.37. The molecule has 5 heteroatoms. The summed E-state index contributed by atoms with van der Waals surface area (Å²) in [7, 11) is 0. The fourth-order valence-electron chi connectivity index (χ4n) is 2.32. The van der Waals surface area contributed by atoms with Gasteiger partial charge in [0.25, 0.3) is 0 Å². The molecule has 2 heterocycles. The Morgan fingerprint density at radius 3 is 2.62 bits per heavy atom. The maximum Gasteiger partial charge on any atom is 0.160 e. The van der Waals surface area contributed by atoms with Crippen molar-refractivity contribution in [3.63, 3.8) is 0 Å². The van der Waals surface area contributed by atoms with Crippen LogP contribution in [-0.2, 0) is 9.47 Å². The van der Waals surface area contributed by atoms with Gasteiger partial charge in [-0.3, -0.25) is 0 Å². The lowest BCUT2D eigenvalue weighted by Gasteiger charge is -2.30. The second-order valence-electron chi connectivity index (χ2n) is 6.15. The van der Waals surface area contributed by atoms with Gasteiger partial charge >= 0.3 is 0 Å². The Labute approximate surface area is 152 Å². The standard InChI is InChI=1S/C19H24O3S2/c1-14(2)15-3-5-16(6-4-15)21-11-17(22-19-7-9-20-19)12-24-18-8-10-23-13-18/h3-6,8,10,13-14,17,19H,7,9,11-12H2,1-2H3. The molecule has 3 rings (SSSR count). The van der Waals surface area contributed by atoms with Crippen LogP contribution in [0, 0.1) is 0 Å². The molecule has 24 heavy (non-hydrogen) atoms. The van der Waals surface area contributed by atoms with Gasteiger partial charge in [-0.1, -0.05) is 26.0 Å². The summed E-state index contributed by atoms with van der Waals surface area (Å²) in [5.74, 6) is 2.29. The molecule has 130 valence electrons. The van der Waals surface area contributed by atoms with Crippen molar-refractivity contribution in [2.45, 2.75) is 43.5 Å². The first-order valence-electron chi connectivity index (χ1n) is 8.35. The highest BCUT2D eigenvalue weighted by Crippen LogP contribution is 2.25. The van der Waals surface area contributed by atoms with Gasteiger partial charge in [0.2, 0.25) is 0 Å². The number of hydrogen-bond donors (Lipinski definition) is 0. The second-order valence-corrected chi connectivity index (χ2v) is 8.03. The first-order chi connectivity index (χ1) is 11.7. The van der Waals surface area contributed by atoms with Gasteiger partial charge in [-0.15, -0.1) is 11.8 Å². The zero-order valence-corrected chi connectivity index (χ0v) is 15.8.